The van der Waals surface area contributed by atoms with Crippen LogP contribution in [0.4, 0.5) is 8.78 Å². The lowest BCUT2D eigenvalue weighted by atomic mass is 9.54. The van der Waals surface area contributed by atoms with E-state index in [-0.39, 0.29) is 13.1 Å². The number of hydrogen-bond acceptors (Lipinski definition) is 7. The Hall–Kier alpha value is -3.17. The summed E-state index contributed by atoms with van der Waals surface area (Å²) >= 11 is 0. The van der Waals surface area contributed by atoms with Gasteiger partial charge in [-0.15, -0.1) is 0 Å². The second-order valence-electron chi connectivity index (χ2n) is 9.00. The highest BCUT2D eigenvalue weighted by Crippen LogP contribution is 2.60. The Labute approximate surface area is 196 Å². The quantitative estimate of drug-likeness (QED) is 0.500. The number of likely N-dealkylation sites (tertiary alicyclic amines) is 2. The number of Topliss-reactive ketones (excluding diaryl/α,β-unsaturated/α-hetero) is 1. The van der Waals surface area contributed by atoms with Crippen molar-refractivity contribution in [2.45, 2.75) is 12.1 Å². The molecule has 4 atom stereocenters. The van der Waals surface area contributed by atoms with E-state index >= 15 is 0 Å². The van der Waals surface area contributed by atoms with Crippen molar-refractivity contribution in [1.82, 2.24) is 9.80 Å². The first-order valence-corrected chi connectivity index (χ1v) is 10.8. The van der Waals surface area contributed by atoms with E-state index in [2.05, 4.69) is 0 Å². The lowest BCUT2D eigenvalue weighted by molar-refractivity contribution is -0.202. The maximum absolute atomic E-state index is 14.4. The van der Waals surface area contributed by atoms with Crippen LogP contribution in [0.25, 0.3) is 0 Å². The van der Waals surface area contributed by atoms with Crippen molar-refractivity contribution < 1.29 is 32.6 Å². The van der Waals surface area contributed by atoms with Crippen LogP contribution >= 0.6 is 0 Å². The van der Waals surface area contributed by atoms with Crippen molar-refractivity contribution in [2.75, 3.05) is 41.4 Å². The number of ether oxygens (including phenoxy) is 2. The van der Waals surface area contributed by atoms with Crippen molar-refractivity contribution in [3.63, 3.8) is 0 Å². The predicted octanol–water partition coefficient (Wildman–Crippen LogP) is 2.53. The average Bonchev–Trinajstić information content (AvgIpc) is 2.82. The fraction of sp³-hybridized carbons (Fsp3) is 0.400. The topological polar surface area (TPSA) is 76.1 Å². The third-order valence-electron chi connectivity index (χ3n) is 7.07. The molecule has 0 spiro atoms. The van der Waals surface area contributed by atoms with Crippen LogP contribution in [0.2, 0.25) is 0 Å². The largest absolute Gasteiger partial charge is 0.468 e. The van der Waals surface area contributed by atoms with Crippen LogP contribution in [0, 0.1) is 22.5 Å². The zero-order valence-corrected chi connectivity index (χ0v) is 19.4. The molecule has 0 amide bonds. The molecule has 9 heteroatoms. The third-order valence-corrected chi connectivity index (χ3v) is 7.07. The maximum Gasteiger partial charge on any atom is 0.322 e. The van der Waals surface area contributed by atoms with E-state index < -0.39 is 52.3 Å². The molecule has 0 saturated carbocycles. The molecule has 2 fully saturated rings. The number of ketones is 1. The summed E-state index contributed by atoms with van der Waals surface area (Å²) in [5.74, 6) is -3.16. The van der Waals surface area contributed by atoms with Gasteiger partial charge in [-0.2, -0.15) is 0 Å². The Morgan fingerprint density at radius 3 is 1.47 bits per heavy atom. The van der Waals surface area contributed by atoms with Gasteiger partial charge in [-0.05, 0) is 49.5 Å². The molecule has 2 aliphatic rings. The number of carbonyl (C=O) groups is 3. The molecule has 0 aliphatic carbocycles. The Morgan fingerprint density at radius 2 is 1.15 bits per heavy atom. The van der Waals surface area contributed by atoms with Crippen LogP contribution in [0.5, 0.6) is 0 Å². The molecule has 0 aromatic heterocycles. The minimum Gasteiger partial charge on any atom is -0.468 e. The van der Waals surface area contributed by atoms with E-state index in [1.54, 1.807) is 23.9 Å². The minimum absolute atomic E-state index is 0.0141. The highest BCUT2D eigenvalue weighted by molar-refractivity contribution is 6.17. The van der Waals surface area contributed by atoms with E-state index in [0.717, 1.165) is 0 Å². The number of nitrogens with zero attached hydrogens (tertiary/aromatic N) is 2. The molecule has 2 heterocycles. The number of piperidine rings is 2. The first-order chi connectivity index (χ1) is 16.1. The molecule has 0 unspecified atom stereocenters. The van der Waals surface area contributed by atoms with E-state index in [1.807, 2.05) is 0 Å². The molecule has 34 heavy (non-hydrogen) atoms. The second-order valence-corrected chi connectivity index (χ2v) is 9.00. The molecule has 0 radical (unpaired) electrons. The van der Waals surface area contributed by atoms with Gasteiger partial charge >= 0.3 is 11.9 Å². The Bertz CT molecular complexity index is 1040. The van der Waals surface area contributed by atoms with Gasteiger partial charge in [-0.25, -0.2) is 8.78 Å². The van der Waals surface area contributed by atoms with Crippen molar-refractivity contribution >= 4 is 17.7 Å². The van der Waals surface area contributed by atoms with Gasteiger partial charge in [0, 0.05) is 13.1 Å². The molecule has 180 valence electrons. The fourth-order valence-electron chi connectivity index (χ4n) is 5.95. The van der Waals surface area contributed by atoms with Gasteiger partial charge in [-0.1, -0.05) is 24.3 Å². The van der Waals surface area contributed by atoms with Gasteiger partial charge in [-0.3, -0.25) is 19.3 Å². The highest BCUT2D eigenvalue weighted by Gasteiger charge is 2.74. The number of methoxy groups -OCH3 is 2. The van der Waals surface area contributed by atoms with Gasteiger partial charge in [0.2, 0.25) is 0 Å². The summed E-state index contributed by atoms with van der Waals surface area (Å²) in [6.07, 6.45) is 0. The Morgan fingerprint density at radius 1 is 0.794 bits per heavy atom. The van der Waals surface area contributed by atoms with E-state index in [4.69, 9.17) is 9.47 Å². The van der Waals surface area contributed by atoms with Crippen molar-refractivity contribution in [2.24, 2.45) is 10.8 Å². The molecule has 2 aromatic carbocycles. The average molecular weight is 472 g/mol. The van der Waals surface area contributed by atoms with Crippen molar-refractivity contribution in [3.05, 3.63) is 71.3 Å². The van der Waals surface area contributed by atoms with Crippen LogP contribution in [-0.4, -0.2) is 68.9 Å². The van der Waals surface area contributed by atoms with Gasteiger partial charge in [0.25, 0.3) is 0 Å². The summed E-state index contributed by atoms with van der Waals surface area (Å²) in [6, 6.07) is 9.24. The lowest BCUT2D eigenvalue weighted by Gasteiger charge is -2.60. The standard InChI is InChI=1S/C25H26F2N2O5/c1-28-13-24(22(31)33-3)19(15-5-9-17(26)10-6-15)29(2)20(16-7-11-18(27)12-8-16)25(14-28,21(24)30)23(32)34-4/h5-12,19-20H,13-14H2,1-4H3/t19-,20+,24-,25+. The van der Waals surface area contributed by atoms with Gasteiger partial charge in [0.15, 0.2) is 16.6 Å². The summed E-state index contributed by atoms with van der Waals surface area (Å²) in [6.45, 7) is -0.0282. The summed E-state index contributed by atoms with van der Waals surface area (Å²) in [4.78, 5) is 44.8. The molecule has 0 N–H and O–H groups in total. The summed E-state index contributed by atoms with van der Waals surface area (Å²) in [7, 11) is 5.77. The van der Waals surface area contributed by atoms with Crippen LogP contribution < -0.4 is 0 Å². The lowest BCUT2D eigenvalue weighted by Crippen LogP contribution is -2.75. The number of benzene rings is 2. The number of halogens is 2. The third kappa shape index (κ3) is 3.25. The number of rotatable bonds is 4. The fourth-order valence-corrected chi connectivity index (χ4v) is 5.95. The summed E-state index contributed by atoms with van der Waals surface area (Å²) in [5, 5.41) is 0. The molecule has 7 nitrogen and oxygen atoms in total. The van der Waals surface area contributed by atoms with Gasteiger partial charge in [0.1, 0.15) is 11.6 Å². The van der Waals surface area contributed by atoms with Gasteiger partial charge < -0.3 is 14.4 Å². The Kier molecular flexibility index (Phi) is 6.03. The second kappa shape index (κ2) is 8.56. The molecule has 2 saturated heterocycles. The molecule has 2 bridgehead atoms. The number of hydrogen-bond donors (Lipinski definition) is 0. The van der Waals surface area contributed by atoms with E-state index in [0.29, 0.717) is 11.1 Å². The minimum atomic E-state index is -1.79. The summed E-state index contributed by atoms with van der Waals surface area (Å²) in [5.41, 5.74) is -2.58. The zero-order valence-electron chi connectivity index (χ0n) is 19.4. The molecular formula is C25H26F2N2O5. The van der Waals surface area contributed by atoms with Crippen molar-refractivity contribution in [1.29, 1.82) is 0 Å². The summed E-state index contributed by atoms with van der Waals surface area (Å²) < 4.78 is 37.8. The van der Waals surface area contributed by atoms with E-state index in [9.17, 15) is 23.2 Å². The molecular weight excluding hydrogens is 446 g/mol. The number of esters is 2. The highest BCUT2D eigenvalue weighted by atomic mass is 19.1. The van der Waals surface area contributed by atoms with E-state index in [1.165, 1.54) is 62.8 Å². The van der Waals surface area contributed by atoms with Crippen LogP contribution in [0.3, 0.4) is 0 Å². The first kappa shape index (κ1) is 24.0. The van der Waals surface area contributed by atoms with Crippen LogP contribution in [-0.2, 0) is 23.9 Å². The predicted molar refractivity (Wildman–Crippen MR) is 117 cm³/mol. The monoisotopic (exact) mass is 472 g/mol. The van der Waals surface area contributed by atoms with Crippen LogP contribution in [0.15, 0.2) is 48.5 Å². The Balaban J connectivity index is 2.06. The number of carbonyl (C=O) groups excluding carboxylic acids is 3. The normalized spacial score (nSPS) is 29.5. The first-order valence-electron chi connectivity index (χ1n) is 10.8. The van der Waals surface area contributed by atoms with Gasteiger partial charge in [0.05, 0.1) is 26.3 Å². The van der Waals surface area contributed by atoms with Crippen LogP contribution in [0.1, 0.15) is 23.2 Å². The zero-order chi connectivity index (χ0) is 24.8. The molecule has 2 aliphatic heterocycles. The SMILES string of the molecule is COC(=O)[C@]12CN(C)C[C@](C(=O)OC)(C1=O)[C@@H](c1ccc(F)cc1)N(C)[C@H]2c1ccc(F)cc1. The molecule has 4 rings (SSSR count). The molecule has 2 aromatic rings. The van der Waals surface area contributed by atoms with Crippen molar-refractivity contribution in [3.8, 4) is 0 Å². The number of fused-ring (bicyclic) bond motifs is 2. The smallest absolute Gasteiger partial charge is 0.322 e. The maximum atomic E-state index is 14.4.